The van der Waals surface area contributed by atoms with Crippen molar-refractivity contribution < 1.29 is 9.53 Å². The topological polar surface area (TPSA) is 26.3 Å². The van der Waals surface area contributed by atoms with Crippen LogP contribution in [0.15, 0.2) is 115 Å². The lowest BCUT2D eigenvalue weighted by Gasteiger charge is -2.06. The number of rotatable bonds is 9. The van der Waals surface area contributed by atoms with E-state index >= 15 is 0 Å². The van der Waals surface area contributed by atoms with Gasteiger partial charge in [0, 0.05) is 11.1 Å². The number of unbranched alkanes of at least 4 members (excludes halogenated alkanes) is 2. The van der Waals surface area contributed by atoms with Gasteiger partial charge < -0.3 is 4.74 Å². The molecule has 0 heterocycles. The summed E-state index contributed by atoms with van der Waals surface area (Å²) in [4.78, 5) is 12.2. The highest BCUT2D eigenvalue weighted by Crippen LogP contribution is 2.16. The largest absolute Gasteiger partial charge is 0.494 e. The summed E-state index contributed by atoms with van der Waals surface area (Å²) >= 11 is 0. The predicted octanol–water partition coefficient (Wildman–Crippen LogP) is 6.80. The van der Waals surface area contributed by atoms with Crippen molar-refractivity contribution in [2.24, 2.45) is 0 Å². The van der Waals surface area contributed by atoms with Gasteiger partial charge in [-0.3, -0.25) is 4.79 Å². The molecule has 2 nitrogen and oxygen atoms in total. The van der Waals surface area contributed by atoms with Gasteiger partial charge in [0.05, 0.1) is 6.61 Å². The third-order valence-corrected chi connectivity index (χ3v) is 6.25. The van der Waals surface area contributed by atoms with Gasteiger partial charge in [-0.15, -0.1) is 0 Å². The first kappa shape index (κ1) is 24.4. The smallest absolute Gasteiger partial charge is 0.193 e. The predicted molar refractivity (Wildman–Crippen MR) is 142 cm³/mol. The molecule has 0 spiro atoms. The van der Waals surface area contributed by atoms with Crippen LogP contribution >= 0.6 is 8.58 Å². The van der Waals surface area contributed by atoms with Crippen LogP contribution in [0.5, 0.6) is 5.75 Å². The molecule has 4 aromatic rings. The van der Waals surface area contributed by atoms with Crippen molar-refractivity contribution in [2.45, 2.75) is 26.2 Å². The summed E-state index contributed by atoms with van der Waals surface area (Å²) in [5, 5.41) is 2.79. The highest BCUT2D eigenvalue weighted by atomic mass is 31.1. The quantitative estimate of drug-likeness (QED) is 0.158. The zero-order chi connectivity index (χ0) is 23.1. The first-order valence-electron chi connectivity index (χ1n) is 11.5. The Hall–Kier alpha value is -3.22. The Morgan fingerprint density at radius 2 is 1.12 bits per heavy atom. The van der Waals surface area contributed by atoms with Crippen LogP contribution in [0, 0.1) is 0 Å². The third-order valence-electron chi connectivity index (χ3n) is 5.01. The molecule has 0 N–H and O–H groups in total. The summed E-state index contributed by atoms with van der Waals surface area (Å²) in [6.07, 6.45) is 3.44. The van der Waals surface area contributed by atoms with E-state index < -0.39 is 0 Å². The lowest BCUT2D eigenvalue weighted by Crippen LogP contribution is -2.01. The maximum Gasteiger partial charge on any atom is 0.193 e. The zero-order valence-electron chi connectivity index (χ0n) is 19.1. The minimum atomic E-state index is 0.0446. The lowest BCUT2D eigenvalue weighted by atomic mass is 10.0. The molecule has 0 aromatic heterocycles. The molecule has 0 aliphatic carbocycles. The average Bonchev–Trinajstić information content (AvgIpc) is 2.89. The summed E-state index contributed by atoms with van der Waals surface area (Å²) in [7, 11) is 0.777. The number of ether oxygens (including phenoxy) is 1. The molecule has 0 amide bonds. The van der Waals surface area contributed by atoms with Crippen molar-refractivity contribution >= 4 is 25.0 Å². The number of hydrogen-bond donors (Lipinski definition) is 0. The van der Waals surface area contributed by atoms with Gasteiger partial charge in [0.2, 0.25) is 0 Å². The minimum Gasteiger partial charge on any atom is -0.494 e. The van der Waals surface area contributed by atoms with E-state index in [2.05, 4.69) is 67.6 Å². The second-order valence-electron chi connectivity index (χ2n) is 7.63. The molecule has 4 aromatic carbocycles. The van der Waals surface area contributed by atoms with Crippen LogP contribution in [0.1, 0.15) is 42.1 Å². The molecule has 4 rings (SSSR count). The standard InChI is InChI=1S/C18H20O2.C12H11P/c1-2-3-7-14-20-17-12-10-16(11-13-17)18(19)15-8-5-4-6-9-15;1-3-7-11(8-4-1)13-12-9-5-2-6-10-12/h4-6,8-13H,2-3,7,14H2,1H3;1-10,13H. The van der Waals surface area contributed by atoms with Gasteiger partial charge in [-0.1, -0.05) is 119 Å². The Morgan fingerprint density at radius 1 is 0.636 bits per heavy atom. The van der Waals surface area contributed by atoms with Crippen LogP contribution in [0.3, 0.4) is 0 Å². The summed E-state index contributed by atoms with van der Waals surface area (Å²) in [5.74, 6) is 0.869. The van der Waals surface area contributed by atoms with E-state index in [-0.39, 0.29) is 5.78 Å². The van der Waals surface area contributed by atoms with E-state index in [9.17, 15) is 4.79 Å². The Morgan fingerprint density at radius 3 is 1.64 bits per heavy atom. The first-order chi connectivity index (χ1) is 16.3. The van der Waals surface area contributed by atoms with Gasteiger partial charge in [-0.05, 0) is 41.3 Å². The molecular weight excluding hydrogens is 423 g/mol. The summed E-state index contributed by atoms with van der Waals surface area (Å²) in [5.41, 5.74) is 1.40. The van der Waals surface area contributed by atoms with Crippen molar-refractivity contribution in [1.82, 2.24) is 0 Å². The Balaban J connectivity index is 0.000000203. The van der Waals surface area contributed by atoms with Crippen molar-refractivity contribution in [3.63, 3.8) is 0 Å². The van der Waals surface area contributed by atoms with Gasteiger partial charge in [-0.2, -0.15) is 0 Å². The van der Waals surface area contributed by atoms with Crippen molar-refractivity contribution in [1.29, 1.82) is 0 Å². The van der Waals surface area contributed by atoms with Crippen LogP contribution in [0.25, 0.3) is 0 Å². The van der Waals surface area contributed by atoms with E-state index in [1.807, 2.05) is 54.6 Å². The van der Waals surface area contributed by atoms with Crippen molar-refractivity contribution in [2.75, 3.05) is 6.61 Å². The monoisotopic (exact) mass is 454 g/mol. The fourth-order valence-electron chi connectivity index (χ4n) is 3.21. The van der Waals surface area contributed by atoms with E-state index in [1.54, 1.807) is 0 Å². The van der Waals surface area contributed by atoms with Gasteiger partial charge in [-0.25, -0.2) is 0 Å². The molecular formula is C30H31O2P. The Kier molecular flexibility index (Phi) is 10.4. The average molecular weight is 455 g/mol. The fourth-order valence-corrected chi connectivity index (χ4v) is 4.26. The summed E-state index contributed by atoms with van der Waals surface area (Å²) in [6, 6.07) is 37.8. The zero-order valence-corrected chi connectivity index (χ0v) is 20.1. The highest BCUT2D eigenvalue weighted by molar-refractivity contribution is 7.55. The molecule has 33 heavy (non-hydrogen) atoms. The second kappa shape index (κ2) is 14.0. The van der Waals surface area contributed by atoms with E-state index in [1.165, 1.54) is 23.5 Å². The molecule has 0 aliphatic heterocycles. The van der Waals surface area contributed by atoms with E-state index in [0.717, 1.165) is 27.4 Å². The van der Waals surface area contributed by atoms with Gasteiger partial charge in [0.15, 0.2) is 5.78 Å². The third kappa shape index (κ3) is 8.67. The van der Waals surface area contributed by atoms with E-state index in [0.29, 0.717) is 11.1 Å². The summed E-state index contributed by atoms with van der Waals surface area (Å²) in [6.45, 7) is 2.91. The number of carbonyl (C=O) groups excluding carboxylic acids is 1. The van der Waals surface area contributed by atoms with Crippen LogP contribution in [-0.2, 0) is 0 Å². The second-order valence-corrected chi connectivity index (χ2v) is 9.04. The number of benzene rings is 4. The fraction of sp³-hybridized carbons (Fsp3) is 0.167. The van der Waals surface area contributed by atoms with Crippen molar-refractivity contribution in [3.05, 3.63) is 126 Å². The summed E-state index contributed by atoms with van der Waals surface area (Å²) < 4.78 is 5.64. The first-order valence-corrected chi connectivity index (χ1v) is 12.5. The van der Waals surface area contributed by atoms with Crippen LogP contribution < -0.4 is 15.3 Å². The molecule has 0 saturated heterocycles. The number of carbonyl (C=O) groups is 1. The molecule has 0 aliphatic rings. The molecule has 0 atom stereocenters. The molecule has 168 valence electrons. The van der Waals surface area contributed by atoms with Crippen LogP contribution in [0.2, 0.25) is 0 Å². The van der Waals surface area contributed by atoms with Crippen LogP contribution in [-0.4, -0.2) is 12.4 Å². The minimum absolute atomic E-state index is 0.0446. The molecule has 0 fully saturated rings. The molecule has 0 unspecified atom stereocenters. The number of ketones is 1. The molecule has 3 heteroatoms. The highest BCUT2D eigenvalue weighted by Gasteiger charge is 2.08. The maximum absolute atomic E-state index is 12.2. The SMILES string of the molecule is CCCCCOc1ccc(C(=O)c2ccccc2)cc1.c1ccc(Pc2ccccc2)cc1. The number of hydrogen-bond acceptors (Lipinski definition) is 2. The van der Waals surface area contributed by atoms with Gasteiger partial charge in [0.1, 0.15) is 5.75 Å². The normalized spacial score (nSPS) is 10.1. The molecule has 0 saturated carbocycles. The lowest BCUT2D eigenvalue weighted by molar-refractivity contribution is 0.103. The Labute approximate surface area is 199 Å². The molecule has 0 radical (unpaired) electrons. The Bertz CT molecular complexity index is 1030. The molecule has 0 bridgehead atoms. The van der Waals surface area contributed by atoms with Gasteiger partial charge in [0.25, 0.3) is 0 Å². The van der Waals surface area contributed by atoms with E-state index in [4.69, 9.17) is 4.74 Å². The van der Waals surface area contributed by atoms with Crippen molar-refractivity contribution in [3.8, 4) is 5.75 Å². The van der Waals surface area contributed by atoms with Gasteiger partial charge >= 0.3 is 0 Å². The van der Waals surface area contributed by atoms with Crippen LogP contribution in [0.4, 0.5) is 0 Å². The maximum atomic E-state index is 12.2.